The summed E-state index contributed by atoms with van der Waals surface area (Å²) in [4.78, 5) is 27.7. The molecule has 36 heavy (non-hydrogen) atoms. The maximum Gasteiger partial charge on any atom is 0.191 e. The summed E-state index contributed by atoms with van der Waals surface area (Å²) in [7, 11) is 0. The van der Waals surface area contributed by atoms with E-state index in [0.717, 1.165) is 0 Å². The number of ketones is 2. The minimum absolute atomic E-state index is 0.0942. The molecule has 8 nitrogen and oxygen atoms in total. The molecular weight excluding hydrogens is 464 g/mol. The highest BCUT2D eigenvalue weighted by Gasteiger charge is 2.80. The molecule has 0 aromatic rings. The van der Waals surface area contributed by atoms with E-state index in [1.165, 1.54) is 18.2 Å². The molecule has 1 saturated carbocycles. The highest BCUT2D eigenvalue weighted by molar-refractivity contribution is 6.03. The molecule has 2 heterocycles. The number of rotatable bonds is 5. The van der Waals surface area contributed by atoms with Gasteiger partial charge in [-0.25, -0.2) is 0 Å². The summed E-state index contributed by atoms with van der Waals surface area (Å²) in [5.41, 5.74) is -6.96. The number of ether oxygens (including phenoxy) is 2. The molecule has 6 aliphatic rings. The van der Waals surface area contributed by atoms with Crippen molar-refractivity contribution in [3.63, 3.8) is 0 Å². The average Bonchev–Trinajstić information content (AvgIpc) is 3.12. The van der Waals surface area contributed by atoms with Gasteiger partial charge in [-0.15, -0.1) is 13.2 Å². The lowest BCUT2D eigenvalue weighted by atomic mass is 9.38. The third kappa shape index (κ3) is 2.90. The Morgan fingerprint density at radius 3 is 2.33 bits per heavy atom. The summed E-state index contributed by atoms with van der Waals surface area (Å²) < 4.78 is 12.5. The van der Waals surface area contributed by atoms with Crippen molar-refractivity contribution < 1.29 is 39.5 Å². The summed E-state index contributed by atoms with van der Waals surface area (Å²) >= 11 is 0. The third-order valence-electron chi connectivity index (χ3n) is 9.30. The Labute approximate surface area is 211 Å². The van der Waals surface area contributed by atoms with Crippen LogP contribution in [0.15, 0.2) is 48.5 Å². The van der Waals surface area contributed by atoms with Gasteiger partial charge in [0.05, 0.1) is 23.0 Å². The lowest BCUT2D eigenvalue weighted by Crippen LogP contribution is -2.75. The second kappa shape index (κ2) is 7.40. The molecule has 8 heteroatoms. The van der Waals surface area contributed by atoms with Crippen molar-refractivity contribution in [2.75, 3.05) is 0 Å². The lowest BCUT2D eigenvalue weighted by molar-refractivity contribution is -0.218. The predicted octanol–water partition coefficient (Wildman–Crippen LogP) is 1.87. The Morgan fingerprint density at radius 2 is 1.75 bits per heavy atom. The summed E-state index contributed by atoms with van der Waals surface area (Å²) in [5, 5.41) is 45.9. The van der Waals surface area contributed by atoms with Crippen molar-refractivity contribution in [1.29, 1.82) is 0 Å². The molecule has 2 fully saturated rings. The average molecular weight is 501 g/mol. The van der Waals surface area contributed by atoms with Crippen LogP contribution in [-0.2, 0) is 19.1 Å². The number of aliphatic hydroxyl groups is 4. The first kappa shape index (κ1) is 25.4. The monoisotopic (exact) mass is 500 g/mol. The second-order valence-electron chi connectivity index (χ2n) is 12.3. The highest BCUT2D eigenvalue weighted by atomic mass is 16.5. The minimum Gasteiger partial charge on any atom is -0.491 e. The number of allylic oxidation sites excluding steroid dienone is 2. The highest BCUT2D eigenvalue weighted by Crippen LogP contribution is 2.73. The molecule has 6 rings (SSSR count). The van der Waals surface area contributed by atoms with E-state index < -0.39 is 69.3 Å². The van der Waals surface area contributed by atoms with Crippen LogP contribution >= 0.6 is 0 Å². The normalized spacial score (nSPS) is 44.7. The molecule has 1 spiro atoms. The van der Waals surface area contributed by atoms with Crippen LogP contribution in [0.3, 0.4) is 0 Å². The summed E-state index contributed by atoms with van der Waals surface area (Å²) in [5.74, 6) is -3.61. The van der Waals surface area contributed by atoms with Gasteiger partial charge in [-0.3, -0.25) is 9.59 Å². The number of carbonyl (C=O) groups excluding carboxylic acids is 2. The van der Waals surface area contributed by atoms with Crippen LogP contribution in [0.4, 0.5) is 0 Å². The standard InChI is InChI=1S/C28H36O8/c1-7-9-27(33)16(30)12-17-26(13-18(35-17)24(3,4)32)20-21-14(11-15(29)25(5,6)36-21)19(22(26)27)28(34,10-8-2)23(20)31/h7-8,12,15,18-20,22,29,32-34H,1-2,9-11,13H2,3-6H3. The Kier molecular flexibility index (Phi) is 5.22. The molecule has 0 aromatic carbocycles. The predicted molar refractivity (Wildman–Crippen MR) is 129 cm³/mol. The van der Waals surface area contributed by atoms with Crippen LogP contribution in [-0.4, -0.2) is 66.6 Å². The molecule has 2 aliphatic heterocycles. The van der Waals surface area contributed by atoms with Gasteiger partial charge in [-0.1, -0.05) is 12.2 Å². The Hall–Kier alpha value is -2.26. The van der Waals surface area contributed by atoms with Gasteiger partial charge in [0.1, 0.15) is 34.4 Å². The molecule has 2 bridgehead atoms. The number of aliphatic hydroxyl groups excluding tert-OH is 1. The molecular formula is C28H36O8. The van der Waals surface area contributed by atoms with Gasteiger partial charge < -0.3 is 29.9 Å². The van der Waals surface area contributed by atoms with Crippen molar-refractivity contribution in [2.45, 2.75) is 88.0 Å². The van der Waals surface area contributed by atoms with Crippen LogP contribution in [0.1, 0.15) is 53.4 Å². The molecule has 8 unspecified atom stereocenters. The summed E-state index contributed by atoms with van der Waals surface area (Å²) in [6.45, 7) is 14.1. The molecule has 8 atom stereocenters. The first-order valence-corrected chi connectivity index (χ1v) is 12.6. The van der Waals surface area contributed by atoms with E-state index >= 15 is 0 Å². The van der Waals surface area contributed by atoms with Gasteiger partial charge >= 0.3 is 0 Å². The van der Waals surface area contributed by atoms with Crippen molar-refractivity contribution in [2.24, 2.45) is 23.2 Å². The van der Waals surface area contributed by atoms with Gasteiger partial charge in [0.2, 0.25) is 0 Å². The number of Topliss-reactive ketones (excluding diaryl/α,β-unsaturated/α-hetero) is 1. The van der Waals surface area contributed by atoms with E-state index in [-0.39, 0.29) is 31.4 Å². The van der Waals surface area contributed by atoms with Gasteiger partial charge in [-0.05, 0) is 33.3 Å². The van der Waals surface area contributed by atoms with Crippen molar-refractivity contribution in [3.05, 3.63) is 48.5 Å². The molecule has 0 amide bonds. The van der Waals surface area contributed by atoms with Crippen LogP contribution in [0.25, 0.3) is 0 Å². The maximum absolute atomic E-state index is 14.2. The zero-order chi connectivity index (χ0) is 26.6. The Morgan fingerprint density at radius 1 is 1.14 bits per heavy atom. The fraction of sp³-hybridized carbons (Fsp3) is 0.643. The second-order valence-corrected chi connectivity index (χ2v) is 12.3. The zero-order valence-corrected chi connectivity index (χ0v) is 21.3. The first-order chi connectivity index (χ1) is 16.6. The van der Waals surface area contributed by atoms with E-state index in [1.807, 2.05) is 0 Å². The maximum atomic E-state index is 14.2. The van der Waals surface area contributed by atoms with Gasteiger partial charge in [0.15, 0.2) is 11.6 Å². The van der Waals surface area contributed by atoms with E-state index in [1.54, 1.807) is 27.7 Å². The molecule has 4 aliphatic carbocycles. The fourth-order valence-corrected chi connectivity index (χ4v) is 7.54. The molecule has 196 valence electrons. The number of fused-ring (bicyclic) bond motifs is 1. The van der Waals surface area contributed by atoms with Gasteiger partial charge in [0.25, 0.3) is 0 Å². The van der Waals surface area contributed by atoms with Crippen LogP contribution in [0, 0.1) is 23.2 Å². The third-order valence-corrected chi connectivity index (χ3v) is 9.30. The number of hydrogen-bond acceptors (Lipinski definition) is 8. The lowest BCUT2D eigenvalue weighted by Gasteiger charge is -2.66. The molecule has 1 saturated heterocycles. The van der Waals surface area contributed by atoms with Crippen LogP contribution in [0.5, 0.6) is 0 Å². The molecule has 0 radical (unpaired) electrons. The largest absolute Gasteiger partial charge is 0.491 e. The first-order valence-electron chi connectivity index (χ1n) is 12.6. The number of carbonyl (C=O) groups is 2. The topological polar surface area (TPSA) is 134 Å². The Bertz CT molecular complexity index is 1120. The Balaban J connectivity index is 1.85. The molecule has 4 N–H and O–H groups in total. The van der Waals surface area contributed by atoms with Gasteiger partial charge in [0, 0.05) is 43.6 Å². The summed E-state index contributed by atoms with van der Waals surface area (Å²) in [6, 6.07) is 0. The number of hydrogen-bond donors (Lipinski definition) is 4. The van der Waals surface area contributed by atoms with E-state index in [0.29, 0.717) is 11.3 Å². The fourth-order valence-electron chi connectivity index (χ4n) is 7.54. The van der Waals surface area contributed by atoms with Crippen LogP contribution in [0.2, 0.25) is 0 Å². The van der Waals surface area contributed by atoms with Crippen molar-refractivity contribution >= 4 is 11.6 Å². The summed E-state index contributed by atoms with van der Waals surface area (Å²) in [6.07, 6.45) is 2.52. The van der Waals surface area contributed by atoms with E-state index in [2.05, 4.69) is 13.2 Å². The van der Waals surface area contributed by atoms with Gasteiger partial charge in [-0.2, -0.15) is 0 Å². The molecule has 0 aromatic heterocycles. The van der Waals surface area contributed by atoms with E-state index in [9.17, 15) is 30.0 Å². The van der Waals surface area contributed by atoms with Crippen LogP contribution < -0.4 is 0 Å². The SMILES string of the molecule is C=CCC1(O)C(=O)C2C3=C(CC(O)C(C)(C)O3)C1C1C(O)(CC=C)C(=O)C=C3OC(C(C)(C)O)CC321. The van der Waals surface area contributed by atoms with E-state index in [4.69, 9.17) is 9.47 Å². The zero-order valence-electron chi connectivity index (χ0n) is 21.3. The van der Waals surface area contributed by atoms with Crippen molar-refractivity contribution in [3.8, 4) is 0 Å². The quantitative estimate of drug-likeness (QED) is 0.421. The smallest absolute Gasteiger partial charge is 0.191 e. The van der Waals surface area contributed by atoms with Crippen molar-refractivity contribution in [1.82, 2.24) is 0 Å². The minimum atomic E-state index is -1.99.